The van der Waals surface area contributed by atoms with E-state index >= 15 is 0 Å². The second kappa shape index (κ2) is 7.23. The van der Waals surface area contributed by atoms with Gasteiger partial charge in [0.05, 0.1) is 18.2 Å². The first-order chi connectivity index (χ1) is 11.3. The SMILES string of the molecule is CCc1cc(C)cc(Br)c1C1=C(OC(=S)OC)C(C)(CC)NC1=O. The number of amides is 1. The van der Waals surface area contributed by atoms with E-state index in [0.717, 1.165) is 27.6 Å². The van der Waals surface area contributed by atoms with E-state index in [9.17, 15) is 4.79 Å². The lowest BCUT2D eigenvalue weighted by Crippen LogP contribution is -2.41. The minimum Gasteiger partial charge on any atom is -0.460 e. The normalized spacial score (nSPS) is 20.2. The van der Waals surface area contributed by atoms with E-state index in [-0.39, 0.29) is 11.1 Å². The van der Waals surface area contributed by atoms with E-state index in [1.165, 1.54) is 7.11 Å². The van der Waals surface area contributed by atoms with E-state index in [4.69, 9.17) is 21.7 Å². The van der Waals surface area contributed by atoms with Gasteiger partial charge in [-0.3, -0.25) is 4.79 Å². The monoisotopic (exact) mass is 411 g/mol. The van der Waals surface area contributed by atoms with Gasteiger partial charge >= 0.3 is 5.24 Å². The smallest absolute Gasteiger partial charge is 0.357 e. The van der Waals surface area contributed by atoms with Crippen molar-refractivity contribution in [1.82, 2.24) is 5.32 Å². The molecule has 0 saturated carbocycles. The fourth-order valence-electron chi connectivity index (χ4n) is 2.89. The maximum Gasteiger partial charge on any atom is 0.357 e. The molecule has 1 heterocycles. The van der Waals surface area contributed by atoms with Crippen LogP contribution in [0.15, 0.2) is 22.4 Å². The van der Waals surface area contributed by atoms with Crippen molar-refractivity contribution in [3.63, 3.8) is 0 Å². The fourth-order valence-corrected chi connectivity index (χ4v) is 3.78. The van der Waals surface area contributed by atoms with Crippen LogP contribution in [-0.4, -0.2) is 23.8 Å². The lowest BCUT2D eigenvalue weighted by Gasteiger charge is -2.25. The highest BCUT2D eigenvalue weighted by Crippen LogP contribution is 2.40. The molecule has 130 valence electrons. The topological polar surface area (TPSA) is 47.6 Å². The van der Waals surface area contributed by atoms with Crippen molar-refractivity contribution in [2.24, 2.45) is 0 Å². The number of nitrogens with one attached hydrogen (secondary N) is 1. The van der Waals surface area contributed by atoms with Gasteiger partial charge in [-0.1, -0.05) is 35.8 Å². The number of ether oxygens (including phenoxy) is 2. The van der Waals surface area contributed by atoms with Crippen LogP contribution in [0.1, 0.15) is 43.9 Å². The van der Waals surface area contributed by atoms with Crippen molar-refractivity contribution < 1.29 is 14.3 Å². The summed E-state index contributed by atoms with van der Waals surface area (Å²) in [7, 11) is 1.45. The van der Waals surface area contributed by atoms with Crippen molar-refractivity contribution in [2.45, 2.75) is 46.1 Å². The molecule has 4 nitrogen and oxygen atoms in total. The second-order valence-corrected chi connectivity index (χ2v) is 7.22. The average Bonchev–Trinajstić information content (AvgIpc) is 2.78. The van der Waals surface area contributed by atoms with Gasteiger partial charge in [0, 0.05) is 22.3 Å². The Bertz CT molecular complexity index is 729. The maximum absolute atomic E-state index is 12.8. The molecular formula is C18H22BrNO3S. The Morgan fingerprint density at radius 1 is 1.38 bits per heavy atom. The number of rotatable bonds is 4. The summed E-state index contributed by atoms with van der Waals surface area (Å²) in [6, 6.07) is 4.09. The van der Waals surface area contributed by atoms with Crippen LogP contribution in [0.3, 0.4) is 0 Å². The summed E-state index contributed by atoms with van der Waals surface area (Å²) >= 11 is 8.68. The summed E-state index contributed by atoms with van der Waals surface area (Å²) < 4.78 is 11.6. The Kier molecular flexibility index (Phi) is 5.71. The van der Waals surface area contributed by atoms with Crippen LogP contribution >= 0.6 is 28.1 Å². The molecule has 2 rings (SSSR count). The molecule has 0 aliphatic carbocycles. The highest BCUT2D eigenvalue weighted by atomic mass is 79.9. The summed E-state index contributed by atoms with van der Waals surface area (Å²) in [6.45, 7) is 8.02. The summed E-state index contributed by atoms with van der Waals surface area (Å²) in [6.07, 6.45) is 1.48. The molecule has 0 spiro atoms. The third kappa shape index (κ3) is 3.35. The predicted octanol–water partition coefficient (Wildman–Crippen LogP) is 4.28. The first-order valence-corrected chi connectivity index (χ1v) is 9.10. The van der Waals surface area contributed by atoms with E-state index in [1.54, 1.807) is 0 Å². The van der Waals surface area contributed by atoms with Gasteiger partial charge in [-0.2, -0.15) is 0 Å². The first kappa shape index (κ1) is 18.9. The molecule has 6 heteroatoms. The molecule has 0 aromatic heterocycles. The van der Waals surface area contributed by atoms with Gasteiger partial charge in [-0.05, 0) is 43.9 Å². The van der Waals surface area contributed by atoms with Crippen molar-refractivity contribution in [3.05, 3.63) is 39.1 Å². The van der Waals surface area contributed by atoms with E-state index in [1.807, 2.05) is 26.8 Å². The quantitative estimate of drug-likeness (QED) is 0.751. The highest BCUT2D eigenvalue weighted by molar-refractivity contribution is 9.10. The minimum absolute atomic E-state index is 0.0000393. The molecule has 1 atom stereocenters. The number of hydrogen-bond donors (Lipinski definition) is 1. The van der Waals surface area contributed by atoms with Crippen LogP contribution in [0.2, 0.25) is 0 Å². The van der Waals surface area contributed by atoms with Crippen LogP contribution < -0.4 is 5.32 Å². The number of aryl methyl sites for hydroxylation is 2. The number of methoxy groups -OCH3 is 1. The van der Waals surface area contributed by atoms with Gasteiger partial charge in [0.15, 0.2) is 0 Å². The summed E-state index contributed by atoms with van der Waals surface area (Å²) in [4.78, 5) is 12.8. The Balaban J connectivity index is 2.75. The molecule has 24 heavy (non-hydrogen) atoms. The second-order valence-electron chi connectivity index (χ2n) is 6.03. The van der Waals surface area contributed by atoms with E-state index < -0.39 is 5.54 Å². The number of benzene rings is 1. The van der Waals surface area contributed by atoms with Crippen LogP contribution in [-0.2, 0) is 20.7 Å². The molecule has 0 bridgehead atoms. The number of thiocarbonyl (C=S) groups is 1. The van der Waals surface area contributed by atoms with Crippen molar-refractivity contribution in [3.8, 4) is 0 Å². The first-order valence-electron chi connectivity index (χ1n) is 7.89. The fraction of sp³-hybridized carbons (Fsp3) is 0.444. The summed E-state index contributed by atoms with van der Waals surface area (Å²) in [5.41, 5.74) is 2.96. The van der Waals surface area contributed by atoms with Gasteiger partial charge in [0.25, 0.3) is 5.91 Å². The molecule has 1 amide bonds. The lowest BCUT2D eigenvalue weighted by atomic mass is 9.91. The molecule has 1 aliphatic rings. The Morgan fingerprint density at radius 3 is 2.58 bits per heavy atom. The van der Waals surface area contributed by atoms with Crippen LogP contribution in [0, 0.1) is 6.92 Å². The molecule has 1 aromatic carbocycles. The van der Waals surface area contributed by atoms with Gasteiger partial charge in [-0.15, -0.1) is 0 Å². The number of carbonyl (C=O) groups is 1. The van der Waals surface area contributed by atoms with E-state index in [0.29, 0.717) is 17.8 Å². The minimum atomic E-state index is -0.621. The molecule has 1 aromatic rings. The van der Waals surface area contributed by atoms with Gasteiger partial charge in [0.1, 0.15) is 5.76 Å². The maximum atomic E-state index is 12.8. The van der Waals surface area contributed by atoms with Crippen LogP contribution in [0.25, 0.3) is 5.57 Å². The molecule has 1 N–H and O–H groups in total. The van der Waals surface area contributed by atoms with Crippen LogP contribution in [0.5, 0.6) is 0 Å². The zero-order valence-electron chi connectivity index (χ0n) is 14.6. The summed E-state index contributed by atoms with van der Waals surface area (Å²) in [5.74, 6) is 0.355. The molecule has 0 saturated heterocycles. The molecule has 1 unspecified atom stereocenters. The third-order valence-electron chi connectivity index (χ3n) is 4.35. The molecule has 0 radical (unpaired) electrons. The standard InChI is InChI=1S/C18H22BrNO3S/c1-6-11-8-10(3)9-12(19)13(11)14-15(23-17(24)22-5)18(4,7-2)20-16(14)21/h8-9H,6-7H2,1-5H3,(H,20,21). The highest BCUT2D eigenvalue weighted by Gasteiger charge is 2.44. The molecule has 1 aliphatic heterocycles. The lowest BCUT2D eigenvalue weighted by molar-refractivity contribution is -0.116. The van der Waals surface area contributed by atoms with Gasteiger partial charge in [0.2, 0.25) is 0 Å². The molecular weight excluding hydrogens is 390 g/mol. The van der Waals surface area contributed by atoms with Crippen molar-refractivity contribution in [2.75, 3.05) is 7.11 Å². The van der Waals surface area contributed by atoms with Crippen LogP contribution in [0.4, 0.5) is 0 Å². The molecule has 0 fully saturated rings. The Labute approximate surface area is 156 Å². The Morgan fingerprint density at radius 2 is 2.04 bits per heavy atom. The van der Waals surface area contributed by atoms with E-state index in [2.05, 4.69) is 34.2 Å². The predicted molar refractivity (Wildman–Crippen MR) is 103 cm³/mol. The van der Waals surface area contributed by atoms with Gasteiger partial charge in [-0.25, -0.2) is 0 Å². The number of halogens is 1. The number of hydrogen-bond acceptors (Lipinski definition) is 4. The van der Waals surface area contributed by atoms with Gasteiger partial charge < -0.3 is 14.8 Å². The third-order valence-corrected chi connectivity index (χ3v) is 5.23. The Hall–Kier alpha value is -1.40. The summed E-state index contributed by atoms with van der Waals surface area (Å²) in [5, 5.41) is 3.03. The largest absolute Gasteiger partial charge is 0.460 e. The zero-order valence-corrected chi connectivity index (χ0v) is 17.0. The average molecular weight is 412 g/mol. The van der Waals surface area contributed by atoms with Crippen molar-refractivity contribution in [1.29, 1.82) is 0 Å². The zero-order chi connectivity index (χ0) is 18.1. The number of carbonyl (C=O) groups excluding carboxylic acids is 1. The van der Waals surface area contributed by atoms with Crippen molar-refractivity contribution >= 4 is 44.9 Å².